The van der Waals surface area contributed by atoms with Crippen molar-refractivity contribution in [2.24, 2.45) is 0 Å². The van der Waals surface area contributed by atoms with E-state index in [1.165, 1.54) is 13.2 Å². The SMILES string of the molecule is COc1ccc(-c2cncc(-c3c(OC)ccc(B(O)O)c3Cl)c2)c(Cl)c1. The number of methoxy groups -OCH3 is 2. The van der Waals surface area contributed by atoms with Gasteiger partial charge in [-0.05, 0) is 30.3 Å². The number of aromatic nitrogens is 1. The number of rotatable bonds is 5. The topological polar surface area (TPSA) is 71.8 Å². The number of nitrogens with zero attached hydrogens (tertiary/aromatic N) is 1. The molecule has 0 aliphatic heterocycles. The Kier molecular flexibility index (Phi) is 5.92. The van der Waals surface area contributed by atoms with E-state index in [-0.39, 0.29) is 10.5 Å². The molecule has 2 aromatic carbocycles. The third kappa shape index (κ3) is 3.89. The molecule has 0 saturated heterocycles. The summed E-state index contributed by atoms with van der Waals surface area (Å²) in [7, 11) is 1.39. The minimum atomic E-state index is -1.70. The second-order valence-corrected chi connectivity index (χ2v) is 6.51. The van der Waals surface area contributed by atoms with Crippen LogP contribution >= 0.6 is 23.2 Å². The molecule has 0 atom stereocenters. The Morgan fingerprint density at radius 2 is 1.67 bits per heavy atom. The van der Waals surface area contributed by atoms with Gasteiger partial charge in [0.15, 0.2) is 0 Å². The van der Waals surface area contributed by atoms with Crippen molar-refractivity contribution in [1.82, 2.24) is 4.98 Å². The molecule has 0 saturated carbocycles. The van der Waals surface area contributed by atoms with Gasteiger partial charge in [-0.25, -0.2) is 0 Å². The van der Waals surface area contributed by atoms with Crippen molar-refractivity contribution >= 4 is 35.8 Å². The van der Waals surface area contributed by atoms with E-state index in [1.807, 2.05) is 18.2 Å². The summed E-state index contributed by atoms with van der Waals surface area (Å²) in [6.07, 6.45) is 3.31. The minimum absolute atomic E-state index is 0.181. The average Bonchev–Trinajstić information content (AvgIpc) is 2.67. The maximum absolute atomic E-state index is 9.54. The Balaban J connectivity index is 2.16. The molecule has 0 unspecified atom stereocenters. The van der Waals surface area contributed by atoms with Crippen molar-refractivity contribution in [2.75, 3.05) is 14.2 Å². The zero-order chi connectivity index (χ0) is 19.6. The highest BCUT2D eigenvalue weighted by atomic mass is 35.5. The molecular formula is C19H16BCl2NO4. The fraction of sp³-hybridized carbons (Fsp3) is 0.105. The van der Waals surface area contributed by atoms with Gasteiger partial charge in [0.25, 0.3) is 0 Å². The van der Waals surface area contributed by atoms with Crippen LogP contribution in [0.25, 0.3) is 22.3 Å². The van der Waals surface area contributed by atoms with Crippen molar-refractivity contribution in [3.05, 3.63) is 58.8 Å². The third-order valence-electron chi connectivity index (χ3n) is 4.15. The van der Waals surface area contributed by atoms with Gasteiger partial charge in [-0.15, -0.1) is 0 Å². The van der Waals surface area contributed by atoms with Crippen LogP contribution in [0.15, 0.2) is 48.8 Å². The van der Waals surface area contributed by atoms with E-state index in [0.717, 1.165) is 11.1 Å². The number of ether oxygens (including phenoxy) is 2. The first-order chi connectivity index (χ1) is 13.0. The summed E-state index contributed by atoms with van der Waals surface area (Å²) in [5.74, 6) is 1.14. The van der Waals surface area contributed by atoms with Gasteiger partial charge in [-0.3, -0.25) is 4.98 Å². The lowest BCUT2D eigenvalue weighted by molar-refractivity contribution is 0.415. The molecule has 0 fully saturated rings. The standard InChI is InChI=1S/C19H16BCl2NO4/c1-26-13-3-4-14(16(21)8-13)11-7-12(10-23-9-11)18-17(27-2)6-5-15(19(18)22)20(24)25/h3-10,24-25H,1-2H3. The van der Waals surface area contributed by atoms with Gasteiger partial charge in [0, 0.05) is 40.1 Å². The van der Waals surface area contributed by atoms with E-state index in [4.69, 9.17) is 32.7 Å². The lowest BCUT2D eigenvalue weighted by atomic mass is 9.78. The van der Waals surface area contributed by atoms with E-state index in [9.17, 15) is 10.0 Å². The first-order valence-electron chi connectivity index (χ1n) is 7.98. The van der Waals surface area contributed by atoms with Crippen LogP contribution in [0.3, 0.4) is 0 Å². The molecule has 0 radical (unpaired) electrons. The second-order valence-electron chi connectivity index (χ2n) is 5.73. The van der Waals surface area contributed by atoms with E-state index in [1.54, 1.807) is 31.6 Å². The van der Waals surface area contributed by atoms with Gasteiger partial charge in [0.2, 0.25) is 0 Å². The fourth-order valence-electron chi connectivity index (χ4n) is 2.79. The van der Waals surface area contributed by atoms with Crippen molar-refractivity contribution in [3.8, 4) is 33.8 Å². The van der Waals surface area contributed by atoms with Crippen molar-refractivity contribution in [2.45, 2.75) is 0 Å². The van der Waals surface area contributed by atoms with Crippen molar-refractivity contribution < 1.29 is 19.5 Å². The molecule has 0 amide bonds. The van der Waals surface area contributed by atoms with Crippen LogP contribution in [0.5, 0.6) is 11.5 Å². The number of benzene rings is 2. The second kappa shape index (κ2) is 8.19. The van der Waals surface area contributed by atoms with Gasteiger partial charge in [-0.1, -0.05) is 29.3 Å². The molecule has 0 spiro atoms. The molecule has 8 heteroatoms. The molecule has 1 heterocycles. The van der Waals surface area contributed by atoms with Gasteiger partial charge in [0.1, 0.15) is 11.5 Å². The molecule has 2 N–H and O–H groups in total. The van der Waals surface area contributed by atoms with Crippen LogP contribution in [0.4, 0.5) is 0 Å². The van der Waals surface area contributed by atoms with E-state index in [2.05, 4.69) is 4.98 Å². The Morgan fingerprint density at radius 1 is 0.926 bits per heavy atom. The number of pyridine rings is 1. The first-order valence-corrected chi connectivity index (χ1v) is 8.73. The summed E-state index contributed by atoms with van der Waals surface area (Å²) >= 11 is 12.8. The minimum Gasteiger partial charge on any atom is -0.497 e. The van der Waals surface area contributed by atoms with Crippen LogP contribution in [0, 0.1) is 0 Å². The molecule has 0 aliphatic rings. The predicted molar refractivity (Wildman–Crippen MR) is 108 cm³/mol. The van der Waals surface area contributed by atoms with Crippen molar-refractivity contribution in [3.63, 3.8) is 0 Å². The van der Waals surface area contributed by atoms with Crippen LogP contribution < -0.4 is 14.9 Å². The molecule has 3 rings (SSSR count). The largest absolute Gasteiger partial charge is 0.497 e. The monoisotopic (exact) mass is 403 g/mol. The quantitative estimate of drug-likeness (QED) is 0.638. The van der Waals surface area contributed by atoms with Gasteiger partial charge >= 0.3 is 7.12 Å². The van der Waals surface area contributed by atoms with Gasteiger partial charge in [-0.2, -0.15) is 0 Å². The molecule has 27 heavy (non-hydrogen) atoms. The number of halogens is 2. The van der Waals surface area contributed by atoms with Gasteiger partial charge in [0.05, 0.1) is 24.3 Å². The normalized spacial score (nSPS) is 10.6. The highest BCUT2D eigenvalue weighted by Crippen LogP contribution is 2.38. The summed E-state index contributed by atoms with van der Waals surface area (Å²) in [6, 6.07) is 10.4. The average molecular weight is 404 g/mol. The Bertz CT molecular complexity index is 982. The molecule has 0 aliphatic carbocycles. The van der Waals surface area contributed by atoms with E-state index in [0.29, 0.717) is 27.6 Å². The van der Waals surface area contributed by atoms with Crippen LogP contribution in [0.2, 0.25) is 10.0 Å². The maximum Gasteiger partial charge on any atom is 0.489 e. The predicted octanol–water partition coefficient (Wildman–Crippen LogP) is 3.42. The summed E-state index contributed by atoms with van der Waals surface area (Å²) in [4.78, 5) is 4.28. The summed E-state index contributed by atoms with van der Waals surface area (Å²) < 4.78 is 10.6. The van der Waals surface area contributed by atoms with E-state index < -0.39 is 7.12 Å². The molecule has 138 valence electrons. The first kappa shape index (κ1) is 19.5. The van der Waals surface area contributed by atoms with Crippen molar-refractivity contribution in [1.29, 1.82) is 0 Å². The lowest BCUT2D eigenvalue weighted by Crippen LogP contribution is -2.31. The number of hydrogen-bond donors (Lipinski definition) is 2. The molecule has 3 aromatic rings. The highest BCUT2D eigenvalue weighted by molar-refractivity contribution is 6.63. The lowest BCUT2D eigenvalue weighted by Gasteiger charge is -2.15. The zero-order valence-electron chi connectivity index (χ0n) is 14.6. The van der Waals surface area contributed by atoms with Crippen LogP contribution in [-0.4, -0.2) is 36.4 Å². The molecule has 0 bridgehead atoms. The summed E-state index contributed by atoms with van der Waals surface area (Å²) in [5.41, 5.74) is 2.90. The molecule has 5 nitrogen and oxygen atoms in total. The zero-order valence-corrected chi connectivity index (χ0v) is 16.1. The Hall–Kier alpha value is -2.25. The summed E-state index contributed by atoms with van der Waals surface area (Å²) in [5, 5.41) is 19.8. The Morgan fingerprint density at radius 3 is 2.30 bits per heavy atom. The van der Waals surface area contributed by atoms with Gasteiger partial charge < -0.3 is 19.5 Å². The maximum atomic E-state index is 9.54. The van der Waals surface area contributed by atoms with E-state index >= 15 is 0 Å². The Labute approximate surface area is 167 Å². The smallest absolute Gasteiger partial charge is 0.489 e. The van der Waals surface area contributed by atoms with Crippen LogP contribution in [0.1, 0.15) is 0 Å². The highest BCUT2D eigenvalue weighted by Gasteiger charge is 2.22. The molecule has 1 aromatic heterocycles. The summed E-state index contributed by atoms with van der Waals surface area (Å²) in [6.45, 7) is 0. The number of hydrogen-bond acceptors (Lipinski definition) is 5. The fourth-order valence-corrected chi connectivity index (χ4v) is 3.44. The van der Waals surface area contributed by atoms with Crippen LogP contribution in [-0.2, 0) is 0 Å². The molecular weight excluding hydrogens is 388 g/mol. The third-order valence-corrected chi connectivity index (χ3v) is 4.87.